The molecule has 1 aliphatic rings. The molecular weight excluding hydrogens is 298 g/mol. The fourth-order valence-corrected chi connectivity index (χ4v) is 2.42. The molecule has 2 N–H and O–H groups in total. The molecule has 0 radical (unpaired) electrons. The molecule has 2 aromatic rings. The number of non-ortho nitro benzene ring substituents is 1. The van der Waals surface area contributed by atoms with Crippen molar-refractivity contribution in [1.82, 2.24) is 15.0 Å². The normalized spacial score (nSPS) is 20.4. The number of halogens is 2. The number of aliphatic imine (C=N–C) groups is 1. The van der Waals surface area contributed by atoms with Crippen molar-refractivity contribution in [2.24, 2.45) is 10.7 Å². The molecule has 1 atom stereocenters. The van der Waals surface area contributed by atoms with Crippen molar-refractivity contribution in [2.75, 3.05) is 6.67 Å². The molecule has 2 heterocycles. The highest BCUT2D eigenvalue weighted by molar-refractivity contribution is 5.96. The Labute approximate surface area is 122 Å². The van der Waals surface area contributed by atoms with Crippen LogP contribution in [0.2, 0.25) is 0 Å². The molecular formula is C12H10F2N6O2. The summed E-state index contributed by atoms with van der Waals surface area (Å²) in [7, 11) is 0. The summed E-state index contributed by atoms with van der Waals surface area (Å²) in [6, 6.07) is 2.88. The van der Waals surface area contributed by atoms with Gasteiger partial charge in [-0.1, -0.05) is 5.21 Å². The third kappa shape index (κ3) is 2.00. The van der Waals surface area contributed by atoms with Crippen molar-refractivity contribution in [3.63, 3.8) is 0 Å². The van der Waals surface area contributed by atoms with Gasteiger partial charge in [-0.15, -0.1) is 5.10 Å². The van der Waals surface area contributed by atoms with Crippen LogP contribution in [0.1, 0.15) is 11.3 Å². The number of alkyl halides is 1. The van der Waals surface area contributed by atoms with Crippen LogP contribution in [0.25, 0.3) is 0 Å². The van der Waals surface area contributed by atoms with Crippen molar-refractivity contribution in [2.45, 2.75) is 12.1 Å². The summed E-state index contributed by atoms with van der Waals surface area (Å²) in [5.41, 5.74) is 3.83. The van der Waals surface area contributed by atoms with Crippen molar-refractivity contribution in [1.29, 1.82) is 0 Å². The summed E-state index contributed by atoms with van der Waals surface area (Å²) in [6.07, 6.45) is 1.35. The van der Waals surface area contributed by atoms with E-state index in [0.717, 1.165) is 18.2 Å². The maximum atomic E-state index is 14.1. The molecule has 0 bridgehead atoms. The van der Waals surface area contributed by atoms with Crippen LogP contribution >= 0.6 is 0 Å². The van der Waals surface area contributed by atoms with Crippen LogP contribution in [-0.4, -0.2) is 32.4 Å². The van der Waals surface area contributed by atoms with E-state index in [1.165, 1.54) is 10.9 Å². The summed E-state index contributed by atoms with van der Waals surface area (Å²) >= 11 is 0. The van der Waals surface area contributed by atoms with E-state index < -0.39 is 23.0 Å². The third-order valence-corrected chi connectivity index (χ3v) is 3.51. The smallest absolute Gasteiger partial charge is 0.270 e. The molecule has 114 valence electrons. The molecule has 0 aliphatic carbocycles. The lowest BCUT2D eigenvalue weighted by Gasteiger charge is -2.31. The maximum Gasteiger partial charge on any atom is 0.270 e. The monoisotopic (exact) mass is 308 g/mol. The molecule has 1 aliphatic heterocycles. The number of rotatable bonds is 3. The standard InChI is InChI=1S/C12H10F2N6O2/c13-5-12(6-19-10(4-16-18-19)11(15)17-12)8-3-7(20(21)22)1-2-9(8)14/h1-4H,5-6H2,(H2,15,17). The highest BCUT2D eigenvalue weighted by Gasteiger charge is 2.40. The lowest BCUT2D eigenvalue weighted by Crippen LogP contribution is -2.41. The summed E-state index contributed by atoms with van der Waals surface area (Å²) in [6.45, 7) is -1.25. The predicted molar refractivity (Wildman–Crippen MR) is 71.5 cm³/mol. The van der Waals surface area contributed by atoms with E-state index in [-0.39, 0.29) is 23.6 Å². The van der Waals surface area contributed by atoms with Crippen LogP contribution < -0.4 is 5.73 Å². The Kier molecular flexibility index (Phi) is 3.08. The van der Waals surface area contributed by atoms with E-state index in [0.29, 0.717) is 5.69 Å². The van der Waals surface area contributed by atoms with Gasteiger partial charge in [0.05, 0.1) is 17.7 Å². The van der Waals surface area contributed by atoms with Crippen LogP contribution in [-0.2, 0) is 12.1 Å². The lowest BCUT2D eigenvalue weighted by molar-refractivity contribution is -0.385. The number of nitrogens with two attached hydrogens (primary N) is 1. The summed E-state index contributed by atoms with van der Waals surface area (Å²) in [5, 5.41) is 18.3. The maximum absolute atomic E-state index is 14.1. The first kappa shape index (κ1) is 14.0. The molecule has 1 aromatic heterocycles. The Morgan fingerprint density at radius 1 is 1.50 bits per heavy atom. The van der Waals surface area contributed by atoms with Gasteiger partial charge in [0.1, 0.15) is 29.6 Å². The average molecular weight is 308 g/mol. The molecule has 0 amide bonds. The first-order valence-electron chi connectivity index (χ1n) is 6.21. The first-order chi connectivity index (χ1) is 10.5. The molecule has 10 heteroatoms. The topological polar surface area (TPSA) is 112 Å². The van der Waals surface area contributed by atoms with Crippen molar-refractivity contribution in [3.05, 3.63) is 51.6 Å². The molecule has 1 unspecified atom stereocenters. The minimum absolute atomic E-state index is 0.0557. The second-order valence-corrected chi connectivity index (χ2v) is 4.86. The van der Waals surface area contributed by atoms with Crippen molar-refractivity contribution >= 4 is 11.5 Å². The second-order valence-electron chi connectivity index (χ2n) is 4.86. The van der Waals surface area contributed by atoms with E-state index >= 15 is 0 Å². The van der Waals surface area contributed by atoms with Gasteiger partial charge in [0, 0.05) is 17.7 Å². The van der Waals surface area contributed by atoms with Crippen molar-refractivity contribution in [3.8, 4) is 0 Å². The molecule has 22 heavy (non-hydrogen) atoms. The summed E-state index contributed by atoms with van der Waals surface area (Å²) in [4.78, 5) is 14.2. The summed E-state index contributed by atoms with van der Waals surface area (Å²) < 4.78 is 29.2. The number of nitro benzene ring substituents is 1. The number of hydrogen-bond acceptors (Lipinski definition) is 6. The molecule has 0 saturated carbocycles. The third-order valence-electron chi connectivity index (χ3n) is 3.51. The van der Waals surface area contributed by atoms with Crippen LogP contribution in [0.15, 0.2) is 29.4 Å². The zero-order valence-corrected chi connectivity index (χ0v) is 11.1. The minimum Gasteiger partial charge on any atom is -0.382 e. The van der Waals surface area contributed by atoms with Crippen LogP contribution in [0, 0.1) is 15.9 Å². The van der Waals surface area contributed by atoms with Gasteiger partial charge in [0.25, 0.3) is 5.69 Å². The zero-order valence-electron chi connectivity index (χ0n) is 11.1. The van der Waals surface area contributed by atoms with Crippen molar-refractivity contribution < 1.29 is 13.7 Å². The SMILES string of the molecule is NC1=NC(CF)(c2cc([N+](=O)[O-])ccc2F)Cn2nncc21. The Hall–Kier alpha value is -2.91. The Bertz CT molecular complexity index is 790. The van der Waals surface area contributed by atoms with Crippen LogP contribution in [0.3, 0.4) is 0 Å². The predicted octanol–water partition coefficient (Wildman–Crippen LogP) is 0.909. The second kappa shape index (κ2) is 4.83. The van der Waals surface area contributed by atoms with Gasteiger partial charge in [-0.3, -0.25) is 15.1 Å². The fourth-order valence-electron chi connectivity index (χ4n) is 2.42. The quantitative estimate of drug-likeness (QED) is 0.669. The van der Waals surface area contributed by atoms with E-state index in [1.807, 2.05) is 0 Å². The molecule has 0 saturated heterocycles. The number of hydrogen-bond donors (Lipinski definition) is 1. The highest BCUT2D eigenvalue weighted by Crippen LogP contribution is 2.35. The number of aromatic nitrogens is 3. The van der Waals surface area contributed by atoms with Gasteiger partial charge >= 0.3 is 0 Å². The summed E-state index contributed by atoms with van der Waals surface area (Å²) in [5.74, 6) is -0.858. The van der Waals surface area contributed by atoms with Gasteiger partial charge in [0.2, 0.25) is 0 Å². The fraction of sp³-hybridized carbons (Fsp3) is 0.250. The molecule has 8 nitrogen and oxygen atoms in total. The van der Waals surface area contributed by atoms with Gasteiger partial charge < -0.3 is 5.73 Å². The largest absolute Gasteiger partial charge is 0.382 e. The Balaban J connectivity index is 2.18. The van der Waals surface area contributed by atoms with Gasteiger partial charge in [-0.25, -0.2) is 13.5 Å². The number of amidine groups is 1. The van der Waals surface area contributed by atoms with E-state index in [9.17, 15) is 18.9 Å². The minimum atomic E-state index is -1.71. The zero-order chi connectivity index (χ0) is 15.9. The van der Waals surface area contributed by atoms with Gasteiger partial charge in [-0.05, 0) is 6.07 Å². The highest BCUT2D eigenvalue weighted by atomic mass is 19.1. The van der Waals surface area contributed by atoms with Gasteiger partial charge in [0.15, 0.2) is 0 Å². The molecule has 1 aromatic carbocycles. The number of benzene rings is 1. The number of nitro groups is 1. The van der Waals surface area contributed by atoms with E-state index in [1.54, 1.807) is 0 Å². The van der Waals surface area contributed by atoms with Crippen LogP contribution in [0.5, 0.6) is 0 Å². The molecule has 0 fully saturated rings. The first-order valence-corrected chi connectivity index (χ1v) is 6.21. The van der Waals surface area contributed by atoms with Gasteiger partial charge in [-0.2, -0.15) is 0 Å². The Morgan fingerprint density at radius 3 is 2.95 bits per heavy atom. The molecule has 3 rings (SSSR count). The Morgan fingerprint density at radius 2 is 2.27 bits per heavy atom. The lowest BCUT2D eigenvalue weighted by atomic mass is 9.89. The van der Waals surface area contributed by atoms with E-state index in [4.69, 9.17) is 5.73 Å². The number of fused-ring (bicyclic) bond motifs is 1. The molecule has 0 spiro atoms. The average Bonchev–Trinajstić information content (AvgIpc) is 2.95. The number of nitrogens with zero attached hydrogens (tertiary/aromatic N) is 5. The van der Waals surface area contributed by atoms with E-state index in [2.05, 4.69) is 15.3 Å². The van der Waals surface area contributed by atoms with Crippen LogP contribution in [0.4, 0.5) is 14.5 Å².